The van der Waals surface area contributed by atoms with Gasteiger partial charge in [0.05, 0.1) is 10.8 Å². The van der Waals surface area contributed by atoms with Crippen LogP contribution in [0.2, 0.25) is 0 Å². The Morgan fingerprint density at radius 3 is 1.66 bits per heavy atom. The number of rotatable bonds is 16. The number of carboxylic acid groups (broad SMARTS) is 2. The van der Waals surface area contributed by atoms with Crippen molar-refractivity contribution in [2.75, 3.05) is 0 Å². The summed E-state index contributed by atoms with van der Waals surface area (Å²) in [5.74, 6) is -1.12. The summed E-state index contributed by atoms with van der Waals surface area (Å²) in [6.45, 7) is 6.19. The third kappa shape index (κ3) is 7.79. The Bertz CT molecular complexity index is 525. The van der Waals surface area contributed by atoms with E-state index in [1.807, 2.05) is 12.2 Å². The molecule has 2 N–H and O–H groups in total. The number of hydrogen-bond donors (Lipinski definition) is 2. The van der Waals surface area contributed by atoms with E-state index in [9.17, 15) is 19.8 Å². The molecule has 4 nitrogen and oxygen atoms in total. The Morgan fingerprint density at radius 1 is 0.759 bits per heavy atom. The zero-order chi connectivity index (χ0) is 21.8. The Morgan fingerprint density at radius 2 is 1.21 bits per heavy atom. The van der Waals surface area contributed by atoms with Gasteiger partial charge in [-0.05, 0) is 32.1 Å². The first-order valence-corrected chi connectivity index (χ1v) is 11.9. The molecule has 0 spiro atoms. The third-order valence-corrected chi connectivity index (χ3v) is 6.98. The molecule has 29 heavy (non-hydrogen) atoms. The monoisotopic (exact) mass is 408 g/mol. The minimum atomic E-state index is -1.22. The second-order valence-electron chi connectivity index (χ2n) is 9.73. The Labute approximate surface area is 178 Å². The van der Waals surface area contributed by atoms with Crippen LogP contribution in [-0.2, 0) is 9.59 Å². The van der Waals surface area contributed by atoms with E-state index in [0.29, 0.717) is 19.3 Å². The van der Waals surface area contributed by atoms with E-state index < -0.39 is 22.8 Å². The maximum atomic E-state index is 12.1. The highest BCUT2D eigenvalue weighted by molar-refractivity contribution is 5.87. The van der Waals surface area contributed by atoms with Crippen molar-refractivity contribution in [3.63, 3.8) is 0 Å². The molecule has 0 amide bonds. The Hall–Kier alpha value is -1.32. The minimum absolute atomic E-state index is 0.298. The van der Waals surface area contributed by atoms with E-state index in [4.69, 9.17) is 0 Å². The molecule has 0 saturated heterocycles. The van der Waals surface area contributed by atoms with E-state index >= 15 is 0 Å². The van der Waals surface area contributed by atoms with Gasteiger partial charge in [0.25, 0.3) is 0 Å². The van der Waals surface area contributed by atoms with Gasteiger partial charge in [-0.1, -0.05) is 103 Å². The Balaban J connectivity index is 2.19. The molecule has 4 heteroatoms. The molecule has 2 unspecified atom stereocenters. The summed E-state index contributed by atoms with van der Waals surface area (Å²) >= 11 is 0. The van der Waals surface area contributed by atoms with Gasteiger partial charge in [-0.25, -0.2) is 0 Å². The molecule has 0 aromatic rings. The topological polar surface area (TPSA) is 74.6 Å². The largest absolute Gasteiger partial charge is 0.481 e. The summed E-state index contributed by atoms with van der Waals surface area (Å²) in [7, 11) is 0. The van der Waals surface area contributed by atoms with E-state index in [2.05, 4.69) is 13.8 Å². The molecule has 0 heterocycles. The van der Waals surface area contributed by atoms with Crippen molar-refractivity contribution < 1.29 is 19.8 Å². The second kappa shape index (κ2) is 13.1. The molecule has 0 fully saturated rings. The molecular weight excluding hydrogens is 364 g/mol. The van der Waals surface area contributed by atoms with Gasteiger partial charge in [-0.3, -0.25) is 9.59 Å². The van der Waals surface area contributed by atoms with Crippen molar-refractivity contribution in [2.45, 2.75) is 117 Å². The molecule has 0 aromatic heterocycles. The van der Waals surface area contributed by atoms with Crippen LogP contribution in [0.15, 0.2) is 12.2 Å². The van der Waals surface area contributed by atoms with Gasteiger partial charge >= 0.3 is 11.9 Å². The van der Waals surface area contributed by atoms with Crippen molar-refractivity contribution in [2.24, 2.45) is 16.7 Å². The maximum absolute atomic E-state index is 12.1. The van der Waals surface area contributed by atoms with Crippen molar-refractivity contribution in [1.29, 1.82) is 0 Å². The fourth-order valence-corrected chi connectivity index (χ4v) is 4.69. The van der Waals surface area contributed by atoms with Crippen LogP contribution < -0.4 is 0 Å². The summed E-state index contributed by atoms with van der Waals surface area (Å²) in [5, 5.41) is 19.6. The van der Waals surface area contributed by atoms with Crippen molar-refractivity contribution in [3.8, 4) is 0 Å². The first-order valence-electron chi connectivity index (χ1n) is 11.9. The van der Waals surface area contributed by atoms with Gasteiger partial charge in [0.1, 0.15) is 0 Å². The lowest BCUT2D eigenvalue weighted by molar-refractivity contribution is -0.174. The molecule has 1 rings (SSSR count). The van der Waals surface area contributed by atoms with Gasteiger partial charge in [0.2, 0.25) is 0 Å². The van der Waals surface area contributed by atoms with Crippen molar-refractivity contribution >= 4 is 11.9 Å². The molecule has 0 saturated carbocycles. The molecule has 1 aliphatic carbocycles. The third-order valence-electron chi connectivity index (χ3n) is 6.98. The number of unbranched alkanes of at least 4 members (excludes halogenated alkanes) is 10. The maximum Gasteiger partial charge on any atom is 0.311 e. The van der Waals surface area contributed by atoms with Crippen LogP contribution >= 0.6 is 0 Å². The number of aliphatic carboxylic acids is 2. The summed E-state index contributed by atoms with van der Waals surface area (Å²) in [6, 6.07) is 0. The number of allylic oxidation sites excluding steroid dienone is 2. The van der Waals surface area contributed by atoms with Crippen molar-refractivity contribution in [1.82, 2.24) is 0 Å². The van der Waals surface area contributed by atoms with E-state index in [-0.39, 0.29) is 0 Å². The molecule has 0 aromatic carbocycles. The van der Waals surface area contributed by atoms with E-state index in [1.54, 1.807) is 6.92 Å². The molecule has 1 aliphatic rings. The van der Waals surface area contributed by atoms with Crippen LogP contribution in [0, 0.1) is 16.7 Å². The summed E-state index contributed by atoms with van der Waals surface area (Å²) in [6.07, 6.45) is 19.5. The highest BCUT2D eigenvalue weighted by atomic mass is 16.4. The summed E-state index contributed by atoms with van der Waals surface area (Å²) in [5.41, 5.74) is -2.40. The SMILES string of the molecule is CC(C)CCCCCCCCCCCCCC1(C(=O)O)CC=CCC1(C)C(=O)O. The van der Waals surface area contributed by atoms with Crippen LogP contribution in [0.3, 0.4) is 0 Å². The van der Waals surface area contributed by atoms with Gasteiger partial charge in [0.15, 0.2) is 0 Å². The molecule has 168 valence electrons. The zero-order valence-corrected chi connectivity index (χ0v) is 19.0. The fraction of sp³-hybridized carbons (Fsp3) is 0.840. The second-order valence-corrected chi connectivity index (χ2v) is 9.73. The van der Waals surface area contributed by atoms with Crippen LogP contribution in [-0.4, -0.2) is 22.2 Å². The molecular formula is C25H44O4. The van der Waals surface area contributed by atoms with Gasteiger partial charge < -0.3 is 10.2 Å². The predicted octanol–water partition coefficient (Wildman–Crippen LogP) is 7.23. The summed E-state index contributed by atoms with van der Waals surface area (Å²) in [4.78, 5) is 23.9. The normalized spacial score (nSPS) is 24.1. The van der Waals surface area contributed by atoms with E-state index in [0.717, 1.165) is 25.2 Å². The van der Waals surface area contributed by atoms with Crippen LogP contribution in [0.25, 0.3) is 0 Å². The lowest BCUT2D eigenvalue weighted by Crippen LogP contribution is -2.51. The lowest BCUT2D eigenvalue weighted by atomic mass is 9.56. The smallest absolute Gasteiger partial charge is 0.311 e. The van der Waals surface area contributed by atoms with Gasteiger partial charge in [0, 0.05) is 0 Å². The molecule has 2 atom stereocenters. The average molecular weight is 409 g/mol. The van der Waals surface area contributed by atoms with Gasteiger partial charge in [-0.2, -0.15) is 0 Å². The highest BCUT2D eigenvalue weighted by Crippen LogP contribution is 2.52. The molecule has 0 radical (unpaired) electrons. The standard InChI is InChI=1S/C25H44O4/c1-21(2)17-13-11-9-7-5-4-6-8-10-12-14-19-25(23(28)29)20-16-15-18-24(25,3)22(26)27/h15-16,21H,4-14,17-20H2,1-3H3,(H,26,27)(H,28,29). The van der Waals surface area contributed by atoms with Crippen molar-refractivity contribution in [3.05, 3.63) is 12.2 Å². The fourth-order valence-electron chi connectivity index (χ4n) is 4.69. The van der Waals surface area contributed by atoms with Crippen LogP contribution in [0.5, 0.6) is 0 Å². The first-order chi connectivity index (χ1) is 13.8. The lowest BCUT2D eigenvalue weighted by Gasteiger charge is -2.44. The number of carboxylic acids is 2. The van der Waals surface area contributed by atoms with Crippen LogP contribution in [0.1, 0.15) is 117 Å². The highest BCUT2D eigenvalue weighted by Gasteiger charge is 2.57. The average Bonchev–Trinajstić information content (AvgIpc) is 2.66. The number of carbonyl (C=O) groups is 2. The zero-order valence-electron chi connectivity index (χ0n) is 19.0. The van der Waals surface area contributed by atoms with Crippen LogP contribution in [0.4, 0.5) is 0 Å². The first kappa shape index (κ1) is 25.7. The Kier molecular flexibility index (Phi) is 11.6. The minimum Gasteiger partial charge on any atom is -0.481 e. The quantitative estimate of drug-likeness (QED) is 0.209. The predicted molar refractivity (Wildman–Crippen MR) is 119 cm³/mol. The number of hydrogen-bond acceptors (Lipinski definition) is 2. The van der Waals surface area contributed by atoms with E-state index in [1.165, 1.54) is 57.8 Å². The molecule has 0 bridgehead atoms. The molecule has 0 aliphatic heterocycles. The summed E-state index contributed by atoms with van der Waals surface area (Å²) < 4.78 is 0. The van der Waals surface area contributed by atoms with Gasteiger partial charge in [-0.15, -0.1) is 0 Å².